The average molecular weight is 266 g/mol. The van der Waals surface area contributed by atoms with E-state index >= 15 is 0 Å². The third-order valence-electron chi connectivity index (χ3n) is 2.47. The molecule has 0 saturated carbocycles. The molecule has 7 nitrogen and oxygen atoms in total. The van der Waals surface area contributed by atoms with Gasteiger partial charge >= 0.3 is 5.97 Å². The lowest BCUT2D eigenvalue weighted by Crippen LogP contribution is -2.40. The first-order valence-electron chi connectivity index (χ1n) is 5.55. The highest BCUT2D eigenvalue weighted by Gasteiger charge is 2.22. The zero-order valence-electron chi connectivity index (χ0n) is 10.2. The number of carbonyl (C=O) groups is 3. The Kier molecular flexibility index (Phi) is 5.16. The Hall–Kier alpha value is -2.25. The number of benzene rings is 1. The molecule has 1 atom stereocenters. The van der Waals surface area contributed by atoms with E-state index in [1.165, 1.54) is 12.1 Å². The molecule has 19 heavy (non-hydrogen) atoms. The van der Waals surface area contributed by atoms with E-state index in [-0.39, 0.29) is 22.9 Å². The van der Waals surface area contributed by atoms with Crippen molar-refractivity contribution in [2.45, 2.75) is 19.4 Å². The summed E-state index contributed by atoms with van der Waals surface area (Å²) in [5.41, 5.74) is 2.71. The normalized spacial score (nSPS) is 11.7. The van der Waals surface area contributed by atoms with Gasteiger partial charge in [0.25, 0.3) is 0 Å². The van der Waals surface area contributed by atoms with Gasteiger partial charge in [-0.1, -0.05) is 25.1 Å². The Morgan fingerprint density at radius 2 is 2.16 bits per heavy atom. The van der Waals surface area contributed by atoms with Crippen molar-refractivity contribution < 1.29 is 24.7 Å². The topological polar surface area (TPSA) is 107 Å². The van der Waals surface area contributed by atoms with Crippen LogP contribution in [0.15, 0.2) is 24.3 Å². The van der Waals surface area contributed by atoms with Crippen LogP contribution in [0.5, 0.6) is 0 Å². The van der Waals surface area contributed by atoms with Gasteiger partial charge in [0.05, 0.1) is 0 Å². The summed E-state index contributed by atoms with van der Waals surface area (Å²) in [6.07, 6.45) is 0.325. The zero-order valence-corrected chi connectivity index (χ0v) is 10.2. The van der Waals surface area contributed by atoms with E-state index in [9.17, 15) is 14.4 Å². The third kappa shape index (κ3) is 3.87. The Bertz CT molecular complexity index is 489. The molecule has 3 N–H and O–H groups in total. The minimum Gasteiger partial charge on any atom is -0.480 e. The number of carboxylic acid groups (broad SMARTS) is 1. The SMILES string of the molecule is CCC(=O)c1cccc(C(NN(O)C=O)C(=O)O)c1. The maximum atomic E-state index is 11.6. The Labute approximate surface area is 109 Å². The van der Waals surface area contributed by atoms with Crippen molar-refractivity contribution in [3.63, 3.8) is 0 Å². The molecule has 102 valence electrons. The van der Waals surface area contributed by atoms with E-state index < -0.39 is 12.0 Å². The lowest BCUT2D eigenvalue weighted by Gasteiger charge is -2.18. The molecule has 0 aromatic heterocycles. The Morgan fingerprint density at radius 1 is 1.47 bits per heavy atom. The number of carbonyl (C=O) groups excluding carboxylic acids is 2. The third-order valence-corrected chi connectivity index (χ3v) is 2.47. The fraction of sp³-hybridized carbons (Fsp3) is 0.250. The molecule has 1 aromatic rings. The summed E-state index contributed by atoms with van der Waals surface area (Å²) >= 11 is 0. The molecule has 0 saturated heterocycles. The number of amides is 1. The highest BCUT2D eigenvalue weighted by atomic mass is 16.5. The van der Waals surface area contributed by atoms with Gasteiger partial charge in [-0.05, 0) is 11.6 Å². The smallest absolute Gasteiger partial charge is 0.327 e. The number of hydrazine groups is 1. The van der Waals surface area contributed by atoms with Crippen LogP contribution >= 0.6 is 0 Å². The summed E-state index contributed by atoms with van der Waals surface area (Å²) in [6, 6.07) is 4.68. The van der Waals surface area contributed by atoms with Crippen molar-refractivity contribution in [2.24, 2.45) is 0 Å². The minimum absolute atomic E-state index is 0.0209. The zero-order chi connectivity index (χ0) is 14.4. The van der Waals surface area contributed by atoms with Gasteiger partial charge in [0.15, 0.2) is 11.8 Å². The predicted molar refractivity (Wildman–Crippen MR) is 64.3 cm³/mol. The van der Waals surface area contributed by atoms with Crippen LogP contribution in [0.3, 0.4) is 0 Å². The second-order valence-electron chi connectivity index (χ2n) is 3.75. The summed E-state index contributed by atoms with van der Waals surface area (Å²) < 4.78 is 0. The number of hydrogen-bond donors (Lipinski definition) is 3. The molecular formula is C12H14N2O5. The summed E-state index contributed by atoms with van der Waals surface area (Å²) in [6.45, 7) is 1.70. The molecule has 0 heterocycles. The van der Waals surface area contributed by atoms with Crippen LogP contribution < -0.4 is 5.43 Å². The fourth-order valence-corrected chi connectivity index (χ4v) is 1.53. The van der Waals surface area contributed by atoms with Gasteiger partial charge in [-0.25, -0.2) is 0 Å². The highest BCUT2D eigenvalue weighted by Crippen LogP contribution is 2.16. The van der Waals surface area contributed by atoms with Crippen LogP contribution in [0.4, 0.5) is 0 Å². The van der Waals surface area contributed by atoms with E-state index in [0.29, 0.717) is 12.0 Å². The number of hydroxylamine groups is 1. The molecule has 0 fully saturated rings. The van der Waals surface area contributed by atoms with Gasteiger partial charge in [-0.15, -0.1) is 0 Å². The van der Waals surface area contributed by atoms with E-state index in [0.717, 1.165) is 0 Å². The molecule has 0 aliphatic rings. The van der Waals surface area contributed by atoms with Gasteiger partial charge < -0.3 is 5.11 Å². The van der Waals surface area contributed by atoms with Gasteiger partial charge in [0.1, 0.15) is 0 Å². The number of carboxylic acids is 1. The van der Waals surface area contributed by atoms with Crippen LogP contribution in [0.1, 0.15) is 35.3 Å². The number of ketones is 1. The summed E-state index contributed by atoms with van der Waals surface area (Å²) in [7, 11) is 0. The Balaban J connectivity index is 3.06. The second kappa shape index (κ2) is 6.62. The number of nitrogens with zero attached hydrogens (tertiary/aromatic N) is 1. The van der Waals surface area contributed by atoms with Crippen molar-refractivity contribution in [3.8, 4) is 0 Å². The number of aliphatic carboxylic acids is 1. The first-order valence-corrected chi connectivity index (χ1v) is 5.55. The molecule has 0 aliphatic carbocycles. The number of nitrogens with one attached hydrogen (secondary N) is 1. The minimum atomic E-state index is -1.33. The van der Waals surface area contributed by atoms with Gasteiger partial charge in [0.2, 0.25) is 6.41 Å². The predicted octanol–water partition coefficient (Wildman–Crippen LogP) is 0.757. The first-order chi connectivity index (χ1) is 8.99. The molecule has 0 bridgehead atoms. The van der Waals surface area contributed by atoms with E-state index in [1.54, 1.807) is 19.1 Å². The van der Waals surface area contributed by atoms with Crippen LogP contribution in [0.2, 0.25) is 0 Å². The molecule has 1 rings (SSSR count). The maximum absolute atomic E-state index is 11.6. The lowest BCUT2D eigenvalue weighted by atomic mass is 10.0. The second-order valence-corrected chi connectivity index (χ2v) is 3.75. The molecule has 1 amide bonds. The van der Waals surface area contributed by atoms with Gasteiger partial charge in [-0.3, -0.25) is 19.6 Å². The number of hydrogen-bond acceptors (Lipinski definition) is 5. The molecule has 0 radical (unpaired) electrons. The quantitative estimate of drug-likeness (QED) is 0.291. The van der Waals surface area contributed by atoms with E-state index in [1.807, 2.05) is 0 Å². The van der Waals surface area contributed by atoms with Crippen LogP contribution in [0.25, 0.3) is 0 Å². The van der Waals surface area contributed by atoms with Crippen LogP contribution in [-0.2, 0) is 9.59 Å². The summed E-state index contributed by atoms with van der Waals surface area (Å²) in [5, 5.41) is 18.1. The Morgan fingerprint density at radius 3 is 2.68 bits per heavy atom. The molecule has 1 unspecified atom stereocenters. The van der Waals surface area contributed by atoms with Crippen molar-refractivity contribution in [3.05, 3.63) is 35.4 Å². The van der Waals surface area contributed by atoms with Crippen molar-refractivity contribution in [2.75, 3.05) is 0 Å². The summed E-state index contributed by atoms with van der Waals surface area (Å²) in [5.74, 6) is -1.41. The molecular weight excluding hydrogens is 252 g/mol. The first kappa shape index (κ1) is 14.8. The molecule has 1 aromatic carbocycles. The maximum Gasteiger partial charge on any atom is 0.327 e. The van der Waals surface area contributed by atoms with Crippen molar-refractivity contribution in [1.29, 1.82) is 0 Å². The van der Waals surface area contributed by atoms with Crippen LogP contribution in [0, 0.1) is 0 Å². The van der Waals surface area contributed by atoms with E-state index in [2.05, 4.69) is 5.43 Å². The van der Waals surface area contributed by atoms with Gasteiger partial charge in [-0.2, -0.15) is 10.6 Å². The monoisotopic (exact) mass is 266 g/mol. The largest absolute Gasteiger partial charge is 0.480 e. The number of rotatable bonds is 7. The molecule has 7 heteroatoms. The fourth-order valence-electron chi connectivity index (χ4n) is 1.53. The standard InChI is InChI=1S/C12H14N2O5/c1-2-10(16)8-4-3-5-9(6-8)11(12(17)18)13-14(19)7-15/h3-7,11,13,19H,2H2,1H3,(H,17,18). The summed E-state index contributed by atoms with van der Waals surface area (Å²) in [4.78, 5) is 32.9. The average Bonchev–Trinajstić information content (AvgIpc) is 2.43. The van der Waals surface area contributed by atoms with Crippen LogP contribution in [-0.4, -0.2) is 33.6 Å². The van der Waals surface area contributed by atoms with Crippen molar-refractivity contribution in [1.82, 2.24) is 10.6 Å². The number of Topliss-reactive ketones (excluding diaryl/α,β-unsaturated/α-hetero) is 1. The van der Waals surface area contributed by atoms with E-state index in [4.69, 9.17) is 10.3 Å². The molecule has 0 aliphatic heterocycles. The molecule has 0 spiro atoms. The lowest BCUT2D eigenvalue weighted by molar-refractivity contribution is -0.172. The van der Waals surface area contributed by atoms with Crippen molar-refractivity contribution >= 4 is 18.2 Å². The van der Waals surface area contributed by atoms with Gasteiger partial charge in [0, 0.05) is 12.0 Å². The highest BCUT2D eigenvalue weighted by molar-refractivity contribution is 5.96.